The third-order valence-electron chi connectivity index (χ3n) is 2.77. The fourth-order valence-electron chi connectivity index (χ4n) is 1.84. The van der Waals surface area contributed by atoms with Crippen LogP contribution in [0.15, 0.2) is 36.5 Å². The van der Waals surface area contributed by atoms with Crippen LogP contribution in [0.2, 0.25) is 0 Å². The molecule has 0 saturated heterocycles. The topological polar surface area (TPSA) is 74.2 Å². The Morgan fingerprint density at radius 1 is 1.40 bits per heavy atom. The number of benzene rings is 1. The highest BCUT2D eigenvalue weighted by Crippen LogP contribution is 2.18. The number of anilines is 1. The van der Waals surface area contributed by atoms with Crippen molar-refractivity contribution >= 4 is 22.5 Å². The summed E-state index contributed by atoms with van der Waals surface area (Å²) in [5, 5.41) is 15.2. The smallest absolute Gasteiger partial charge is 0.321 e. The van der Waals surface area contributed by atoms with Gasteiger partial charge in [-0.15, -0.1) is 11.3 Å². The number of aliphatic hydroxyl groups excluding tert-OH is 1. The summed E-state index contributed by atoms with van der Waals surface area (Å²) in [4.78, 5) is 17.1. The van der Waals surface area contributed by atoms with E-state index >= 15 is 0 Å². The number of thiazole rings is 1. The average Bonchev–Trinajstić information content (AvgIpc) is 2.84. The zero-order valence-corrected chi connectivity index (χ0v) is 12.0. The van der Waals surface area contributed by atoms with Gasteiger partial charge in [-0.05, 0) is 18.9 Å². The van der Waals surface area contributed by atoms with Gasteiger partial charge in [0.25, 0.3) is 0 Å². The van der Waals surface area contributed by atoms with Crippen LogP contribution in [0.3, 0.4) is 0 Å². The molecule has 0 aliphatic heterocycles. The largest absolute Gasteiger partial charge is 0.396 e. The third-order valence-corrected chi connectivity index (χ3v) is 3.59. The number of hydrogen-bond acceptors (Lipinski definition) is 4. The van der Waals surface area contributed by atoms with E-state index in [9.17, 15) is 4.79 Å². The Morgan fingerprint density at radius 3 is 2.75 bits per heavy atom. The number of carbonyl (C=O) groups excluding carboxylic acids is 1. The zero-order valence-electron chi connectivity index (χ0n) is 11.2. The van der Waals surface area contributed by atoms with Gasteiger partial charge in [-0.2, -0.15) is 0 Å². The maximum atomic E-state index is 11.9. The van der Waals surface area contributed by atoms with E-state index in [0.29, 0.717) is 11.6 Å². The lowest BCUT2D eigenvalue weighted by atomic mass is 10.0. The SMILES string of the molecule is Cc1cnc(NC(=O)N[C@H](CCO)c2ccccc2)s1. The number of carbonyl (C=O) groups is 1. The van der Waals surface area contributed by atoms with E-state index in [2.05, 4.69) is 15.6 Å². The molecule has 0 unspecified atom stereocenters. The molecule has 2 rings (SSSR count). The maximum absolute atomic E-state index is 11.9. The van der Waals surface area contributed by atoms with Crippen molar-refractivity contribution in [3.63, 3.8) is 0 Å². The molecule has 0 fully saturated rings. The van der Waals surface area contributed by atoms with E-state index in [0.717, 1.165) is 10.4 Å². The first-order valence-electron chi connectivity index (χ1n) is 6.35. The van der Waals surface area contributed by atoms with Crippen LogP contribution in [0.5, 0.6) is 0 Å². The number of rotatable bonds is 5. The van der Waals surface area contributed by atoms with Crippen molar-refractivity contribution in [2.24, 2.45) is 0 Å². The first-order valence-corrected chi connectivity index (χ1v) is 7.16. The number of amides is 2. The lowest BCUT2D eigenvalue weighted by Gasteiger charge is -2.18. The molecular formula is C14H17N3O2S. The predicted octanol–water partition coefficient (Wildman–Crippen LogP) is 2.70. The number of aromatic nitrogens is 1. The molecule has 0 bridgehead atoms. The van der Waals surface area contributed by atoms with E-state index in [1.165, 1.54) is 11.3 Å². The van der Waals surface area contributed by atoms with E-state index in [1.807, 2.05) is 37.3 Å². The Bertz CT molecular complexity index is 557. The lowest BCUT2D eigenvalue weighted by Crippen LogP contribution is -2.33. The van der Waals surface area contributed by atoms with Crippen LogP contribution in [-0.2, 0) is 0 Å². The summed E-state index contributed by atoms with van der Waals surface area (Å²) in [6.45, 7) is 1.94. The molecule has 0 aliphatic carbocycles. The average molecular weight is 291 g/mol. The van der Waals surface area contributed by atoms with Crippen LogP contribution in [0.25, 0.3) is 0 Å². The summed E-state index contributed by atoms with van der Waals surface area (Å²) in [7, 11) is 0. The maximum Gasteiger partial charge on any atom is 0.321 e. The van der Waals surface area contributed by atoms with E-state index in [-0.39, 0.29) is 18.7 Å². The van der Waals surface area contributed by atoms with E-state index in [4.69, 9.17) is 5.11 Å². The summed E-state index contributed by atoms with van der Waals surface area (Å²) in [5.41, 5.74) is 0.965. The van der Waals surface area contributed by atoms with Crippen molar-refractivity contribution in [1.82, 2.24) is 10.3 Å². The Morgan fingerprint density at radius 2 is 2.15 bits per heavy atom. The molecule has 1 aromatic carbocycles. The molecule has 1 atom stereocenters. The predicted molar refractivity (Wildman–Crippen MR) is 79.9 cm³/mol. The van der Waals surface area contributed by atoms with Gasteiger partial charge in [0.2, 0.25) is 0 Å². The van der Waals surface area contributed by atoms with E-state index < -0.39 is 0 Å². The zero-order chi connectivity index (χ0) is 14.4. The number of aliphatic hydroxyl groups is 1. The monoisotopic (exact) mass is 291 g/mol. The van der Waals surface area contributed by atoms with Crippen LogP contribution >= 0.6 is 11.3 Å². The summed E-state index contributed by atoms with van der Waals surface area (Å²) in [6.07, 6.45) is 2.18. The molecule has 6 heteroatoms. The van der Waals surface area contributed by atoms with Gasteiger partial charge in [-0.1, -0.05) is 30.3 Å². The standard InChI is InChI=1S/C14H17N3O2S/c1-10-9-15-14(20-10)17-13(19)16-12(7-8-18)11-5-3-2-4-6-11/h2-6,9,12,18H,7-8H2,1H3,(H2,15,16,17,19)/t12-/m1/s1. The molecule has 0 spiro atoms. The molecule has 0 aliphatic rings. The third kappa shape index (κ3) is 4.04. The Balaban J connectivity index is 1.99. The van der Waals surface area contributed by atoms with Gasteiger partial charge >= 0.3 is 6.03 Å². The minimum atomic E-state index is -0.318. The van der Waals surface area contributed by atoms with Crippen molar-refractivity contribution in [3.8, 4) is 0 Å². The molecule has 1 heterocycles. The summed E-state index contributed by atoms with van der Waals surface area (Å²) in [5.74, 6) is 0. The molecule has 3 N–H and O–H groups in total. The Hall–Kier alpha value is -1.92. The highest BCUT2D eigenvalue weighted by molar-refractivity contribution is 7.15. The first-order chi connectivity index (χ1) is 9.69. The second-order valence-corrected chi connectivity index (χ2v) is 5.58. The lowest BCUT2D eigenvalue weighted by molar-refractivity contribution is 0.239. The second kappa shape index (κ2) is 7.02. The highest BCUT2D eigenvalue weighted by Gasteiger charge is 2.14. The van der Waals surface area contributed by atoms with Gasteiger partial charge in [-0.25, -0.2) is 9.78 Å². The van der Waals surface area contributed by atoms with Crippen molar-refractivity contribution in [1.29, 1.82) is 0 Å². The van der Waals surface area contributed by atoms with Gasteiger partial charge < -0.3 is 10.4 Å². The molecule has 1 aromatic heterocycles. The summed E-state index contributed by atoms with van der Waals surface area (Å²) >= 11 is 1.42. The van der Waals surface area contributed by atoms with Gasteiger partial charge in [0, 0.05) is 17.7 Å². The molecule has 2 aromatic rings. The number of aryl methyl sites for hydroxylation is 1. The second-order valence-electron chi connectivity index (χ2n) is 4.35. The number of hydrogen-bond donors (Lipinski definition) is 3. The number of urea groups is 1. The van der Waals surface area contributed by atoms with Gasteiger partial charge in [0.05, 0.1) is 6.04 Å². The normalized spacial score (nSPS) is 11.9. The van der Waals surface area contributed by atoms with Crippen LogP contribution in [0.4, 0.5) is 9.93 Å². The van der Waals surface area contributed by atoms with Crippen molar-refractivity contribution in [2.75, 3.05) is 11.9 Å². The summed E-state index contributed by atoms with van der Waals surface area (Å²) in [6, 6.07) is 9.04. The van der Waals surface area contributed by atoms with Gasteiger partial charge in [0.15, 0.2) is 5.13 Å². The quantitative estimate of drug-likeness (QED) is 0.793. The molecule has 20 heavy (non-hydrogen) atoms. The highest BCUT2D eigenvalue weighted by atomic mass is 32.1. The number of nitrogens with one attached hydrogen (secondary N) is 2. The molecule has 0 radical (unpaired) electrons. The van der Waals surface area contributed by atoms with Crippen molar-refractivity contribution < 1.29 is 9.90 Å². The van der Waals surface area contributed by atoms with Crippen LogP contribution in [0, 0.1) is 6.92 Å². The first kappa shape index (κ1) is 14.5. The molecule has 106 valence electrons. The fourth-order valence-corrected chi connectivity index (χ4v) is 2.50. The molecular weight excluding hydrogens is 274 g/mol. The minimum absolute atomic E-state index is 0.0101. The van der Waals surface area contributed by atoms with Crippen molar-refractivity contribution in [3.05, 3.63) is 47.0 Å². The Labute approximate surface area is 121 Å². The Kier molecular flexibility index (Phi) is 5.09. The molecule has 5 nitrogen and oxygen atoms in total. The van der Waals surface area contributed by atoms with E-state index in [1.54, 1.807) is 6.20 Å². The number of nitrogens with zero attached hydrogens (tertiary/aromatic N) is 1. The minimum Gasteiger partial charge on any atom is -0.396 e. The molecule has 2 amide bonds. The van der Waals surface area contributed by atoms with Crippen LogP contribution in [0.1, 0.15) is 22.9 Å². The fraction of sp³-hybridized carbons (Fsp3) is 0.286. The molecule has 0 saturated carbocycles. The van der Waals surface area contributed by atoms with Crippen molar-refractivity contribution in [2.45, 2.75) is 19.4 Å². The van der Waals surface area contributed by atoms with Gasteiger partial charge in [-0.3, -0.25) is 5.32 Å². The van der Waals surface area contributed by atoms with Crippen LogP contribution < -0.4 is 10.6 Å². The van der Waals surface area contributed by atoms with Crippen LogP contribution in [-0.4, -0.2) is 22.7 Å². The van der Waals surface area contributed by atoms with Gasteiger partial charge in [0.1, 0.15) is 0 Å². The summed E-state index contributed by atoms with van der Waals surface area (Å²) < 4.78 is 0.